The van der Waals surface area contributed by atoms with Crippen LogP contribution in [0.5, 0.6) is 5.75 Å². The number of hydrogen-bond donors (Lipinski definition) is 2. The first-order chi connectivity index (χ1) is 14.0. The Morgan fingerprint density at radius 1 is 1.17 bits per heavy atom. The molecule has 1 heterocycles. The van der Waals surface area contributed by atoms with Gasteiger partial charge in [-0.25, -0.2) is 0 Å². The van der Waals surface area contributed by atoms with Crippen LogP contribution < -0.4 is 20.3 Å². The second-order valence-electron chi connectivity index (χ2n) is 8.02. The Morgan fingerprint density at radius 2 is 1.97 bits per heavy atom. The second kappa shape index (κ2) is 10.2. The van der Waals surface area contributed by atoms with Gasteiger partial charge in [-0.15, -0.1) is 0 Å². The van der Waals surface area contributed by atoms with Gasteiger partial charge in [0.15, 0.2) is 5.96 Å². The molecular formula is C24H34N4O. The minimum Gasteiger partial charge on any atom is -0.491 e. The molecular weight excluding hydrogens is 360 g/mol. The molecule has 0 aromatic heterocycles. The molecule has 5 heteroatoms. The van der Waals surface area contributed by atoms with Crippen LogP contribution in [0.3, 0.4) is 0 Å². The number of hydrogen-bond acceptors (Lipinski definition) is 3. The van der Waals surface area contributed by atoms with E-state index in [-0.39, 0.29) is 6.10 Å². The number of aryl methyl sites for hydroxylation is 1. The van der Waals surface area contributed by atoms with E-state index in [1.54, 1.807) is 0 Å². The van der Waals surface area contributed by atoms with Crippen molar-refractivity contribution >= 4 is 11.6 Å². The third kappa shape index (κ3) is 6.14. The van der Waals surface area contributed by atoms with Crippen molar-refractivity contribution in [3.05, 3.63) is 59.7 Å². The first kappa shape index (κ1) is 21.0. The Balaban J connectivity index is 1.49. The first-order valence-corrected chi connectivity index (χ1v) is 10.6. The van der Waals surface area contributed by atoms with E-state index in [9.17, 15) is 0 Å². The number of ether oxygens (including phenoxy) is 1. The van der Waals surface area contributed by atoms with Gasteiger partial charge in [0, 0.05) is 44.5 Å². The molecule has 0 saturated carbocycles. The smallest absolute Gasteiger partial charge is 0.191 e. The van der Waals surface area contributed by atoms with Crippen molar-refractivity contribution in [2.75, 3.05) is 31.6 Å². The maximum atomic E-state index is 5.98. The summed E-state index contributed by atoms with van der Waals surface area (Å²) in [5, 5.41) is 6.93. The van der Waals surface area contributed by atoms with Gasteiger partial charge in [0.25, 0.3) is 0 Å². The SMILES string of the molecule is CN=C(NCc1ccc(C)cc1OC(C)C)NCC1CCN(c2ccccc2)C1. The molecule has 2 aromatic rings. The number of guanidine groups is 1. The summed E-state index contributed by atoms with van der Waals surface area (Å²) < 4.78 is 5.98. The monoisotopic (exact) mass is 394 g/mol. The highest BCUT2D eigenvalue weighted by Crippen LogP contribution is 2.23. The van der Waals surface area contributed by atoms with Crippen LogP contribution in [0, 0.1) is 12.8 Å². The van der Waals surface area contributed by atoms with Gasteiger partial charge in [-0.2, -0.15) is 0 Å². The molecule has 0 aliphatic carbocycles. The normalized spacial score (nSPS) is 16.9. The van der Waals surface area contributed by atoms with E-state index >= 15 is 0 Å². The summed E-state index contributed by atoms with van der Waals surface area (Å²) in [6.07, 6.45) is 1.35. The molecule has 0 bridgehead atoms. The first-order valence-electron chi connectivity index (χ1n) is 10.6. The van der Waals surface area contributed by atoms with Crippen molar-refractivity contribution in [2.45, 2.75) is 39.8 Å². The maximum Gasteiger partial charge on any atom is 0.191 e. The maximum absolute atomic E-state index is 5.98. The van der Waals surface area contributed by atoms with Crippen LogP contribution in [0.25, 0.3) is 0 Å². The molecule has 29 heavy (non-hydrogen) atoms. The minimum atomic E-state index is 0.155. The van der Waals surface area contributed by atoms with Gasteiger partial charge in [-0.05, 0) is 56.9 Å². The van der Waals surface area contributed by atoms with Crippen LogP contribution in [-0.2, 0) is 6.54 Å². The molecule has 2 aromatic carbocycles. The fraction of sp³-hybridized carbons (Fsp3) is 0.458. The van der Waals surface area contributed by atoms with Crippen molar-refractivity contribution in [1.29, 1.82) is 0 Å². The quantitative estimate of drug-likeness (QED) is 0.551. The average molecular weight is 395 g/mol. The highest BCUT2D eigenvalue weighted by atomic mass is 16.5. The fourth-order valence-corrected chi connectivity index (χ4v) is 3.68. The molecule has 1 aliphatic rings. The van der Waals surface area contributed by atoms with Crippen LogP contribution in [-0.4, -0.2) is 38.7 Å². The number of anilines is 1. The van der Waals surface area contributed by atoms with E-state index in [1.165, 1.54) is 17.7 Å². The summed E-state index contributed by atoms with van der Waals surface area (Å²) in [5.74, 6) is 2.39. The zero-order chi connectivity index (χ0) is 20.6. The standard InChI is InChI=1S/C24H34N4O/c1-18(2)29-23-14-19(3)10-11-21(23)16-27-24(25-4)26-15-20-12-13-28(17-20)22-8-6-5-7-9-22/h5-11,14,18,20H,12-13,15-17H2,1-4H3,(H2,25,26,27). The minimum absolute atomic E-state index is 0.155. The number of nitrogens with one attached hydrogen (secondary N) is 2. The lowest BCUT2D eigenvalue weighted by Crippen LogP contribution is -2.40. The molecule has 1 saturated heterocycles. The van der Waals surface area contributed by atoms with E-state index in [2.05, 4.69) is 89.8 Å². The van der Waals surface area contributed by atoms with Crippen molar-refractivity contribution in [3.63, 3.8) is 0 Å². The summed E-state index contributed by atoms with van der Waals surface area (Å²) in [7, 11) is 1.82. The van der Waals surface area contributed by atoms with Crippen LogP contribution in [0.1, 0.15) is 31.4 Å². The zero-order valence-corrected chi connectivity index (χ0v) is 18.1. The van der Waals surface area contributed by atoms with Crippen LogP contribution in [0.4, 0.5) is 5.69 Å². The molecule has 2 N–H and O–H groups in total. The van der Waals surface area contributed by atoms with Gasteiger partial charge < -0.3 is 20.3 Å². The number of benzene rings is 2. The lowest BCUT2D eigenvalue weighted by atomic mass is 10.1. The van der Waals surface area contributed by atoms with Gasteiger partial charge in [0.05, 0.1) is 6.10 Å². The fourth-order valence-electron chi connectivity index (χ4n) is 3.68. The molecule has 3 rings (SSSR count). The van der Waals surface area contributed by atoms with E-state index in [4.69, 9.17) is 4.74 Å². The Kier molecular flexibility index (Phi) is 7.39. The van der Waals surface area contributed by atoms with Gasteiger partial charge in [0.1, 0.15) is 5.75 Å². The van der Waals surface area contributed by atoms with Crippen molar-refractivity contribution in [3.8, 4) is 5.75 Å². The molecule has 1 aliphatic heterocycles. The summed E-state index contributed by atoms with van der Waals surface area (Å²) >= 11 is 0. The van der Waals surface area contributed by atoms with Gasteiger partial charge >= 0.3 is 0 Å². The Bertz CT molecular complexity index is 804. The van der Waals surface area contributed by atoms with Crippen LogP contribution in [0.2, 0.25) is 0 Å². The van der Waals surface area contributed by atoms with E-state index in [0.29, 0.717) is 12.5 Å². The number of aliphatic imine (C=N–C) groups is 1. The van der Waals surface area contributed by atoms with Gasteiger partial charge in [-0.3, -0.25) is 4.99 Å². The highest BCUT2D eigenvalue weighted by molar-refractivity contribution is 5.79. The number of para-hydroxylation sites is 1. The Morgan fingerprint density at radius 3 is 2.69 bits per heavy atom. The molecule has 0 spiro atoms. The molecule has 156 valence electrons. The number of rotatable bonds is 7. The molecule has 1 atom stereocenters. The Hall–Kier alpha value is -2.69. The van der Waals surface area contributed by atoms with Crippen molar-refractivity contribution < 1.29 is 4.74 Å². The summed E-state index contributed by atoms with van der Waals surface area (Å²) in [6, 6.07) is 17.0. The topological polar surface area (TPSA) is 48.9 Å². The van der Waals surface area contributed by atoms with Gasteiger partial charge in [0.2, 0.25) is 0 Å². The number of nitrogens with zero attached hydrogens (tertiary/aromatic N) is 2. The summed E-state index contributed by atoms with van der Waals surface area (Å²) in [4.78, 5) is 6.85. The van der Waals surface area contributed by atoms with E-state index < -0.39 is 0 Å². The molecule has 1 fully saturated rings. The van der Waals surface area contributed by atoms with E-state index in [0.717, 1.165) is 36.9 Å². The molecule has 0 amide bonds. The third-order valence-electron chi connectivity index (χ3n) is 5.22. The highest BCUT2D eigenvalue weighted by Gasteiger charge is 2.22. The largest absolute Gasteiger partial charge is 0.491 e. The predicted molar refractivity (Wildman–Crippen MR) is 122 cm³/mol. The third-order valence-corrected chi connectivity index (χ3v) is 5.22. The second-order valence-corrected chi connectivity index (χ2v) is 8.02. The van der Waals surface area contributed by atoms with E-state index in [1.807, 2.05) is 7.05 Å². The lowest BCUT2D eigenvalue weighted by molar-refractivity contribution is 0.239. The average Bonchev–Trinajstić information content (AvgIpc) is 3.19. The molecule has 1 unspecified atom stereocenters. The van der Waals surface area contributed by atoms with Gasteiger partial charge in [-0.1, -0.05) is 30.3 Å². The van der Waals surface area contributed by atoms with Crippen molar-refractivity contribution in [2.24, 2.45) is 10.9 Å². The van der Waals surface area contributed by atoms with Crippen molar-refractivity contribution in [1.82, 2.24) is 10.6 Å². The molecule has 0 radical (unpaired) electrons. The zero-order valence-electron chi connectivity index (χ0n) is 18.1. The van der Waals surface area contributed by atoms with Crippen LogP contribution >= 0.6 is 0 Å². The summed E-state index contributed by atoms with van der Waals surface area (Å²) in [6.45, 7) is 10.0. The Labute approximate surface area is 175 Å². The predicted octanol–water partition coefficient (Wildman–Crippen LogP) is 3.97. The van der Waals surface area contributed by atoms with Crippen LogP contribution in [0.15, 0.2) is 53.5 Å². The molecule has 5 nitrogen and oxygen atoms in total. The lowest BCUT2D eigenvalue weighted by Gasteiger charge is -2.20. The summed E-state index contributed by atoms with van der Waals surface area (Å²) in [5.41, 5.74) is 3.66.